The Hall–Kier alpha value is -2.18. The second-order valence-corrected chi connectivity index (χ2v) is 7.07. The van der Waals surface area contributed by atoms with Gasteiger partial charge in [0.2, 0.25) is 0 Å². The van der Waals surface area contributed by atoms with Gasteiger partial charge in [-0.15, -0.1) is 0 Å². The molecule has 1 unspecified atom stereocenters. The fraction of sp³-hybridized carbons (Fsp3) is 0.529. The summed E-state index contributed by atoms with van der Waals surface area (Å²) in [5.74, 6) is -2.68. The summed E-state index contributed by atoms with van der Waals surface area (Å²) in [4.78, 5) is 24.8. The smallest absolute Gasteiger partial charge is 0.411 e. The quantitative estimate of drug-likeness (QED) is 0.917. The summed E-state index contributed by atoms with van der Waals surface area (Å²) in [7, 11) is 0. The Bertz CT molecular complexity index is 622. The highest BCUT2D eigenvalue weighted by molar-refractivity contribution is 5.81. The van der Waals surface area contributed by atoms with Gasteiger partial charge >= 0.3 is 12.1 Å². The van der Waals surface area contributed by atoms with E-state index in [-0.39, 0.29) is 25.3 Å². The number of halogens is 2. The number of nitrogens with zero attached hydrogens (tertiary/aromatic N) is 1. The SMILES string of the molecule is CC(C)(C)OC(=O)N1CC(Cc2cc(F)cc(F)c2)C[C@H]1C(=O)O. The summed E-state index contributed by atoms with van der Waals surface area (Å²) in [6.07, 6.45) is -0.187. The van der Waals surface area contributed by atoms with Crippen LogP contribution in [0, 0.1) is 17.6 Å². The maximum Gasteiger partial charge on any atom is 0.411 e. The third-order valence-corrected chi connectivity index (χ3v) is 3.75. The number of amides is 1. The number of likely N-dealkylation sites (tertiary alicyclic amines) is 1. The number of carbonyl (C=O) groups excluding carboxylic acids is 1. The van der Waals surface area contributed by atoms with Crippen molar-refractivity contribution in [3.05, 3.63) is 35.4 Å². The molecule has 1 N–H and O–H groups in total. The predicted molar refractivity (Wildman–Crippen MR) is 82.5 cm³/mol. The number of ether oxygens (including phenoxy) is 1. The van der Waals surface area contributed by atoms with Crippen LogP contribution in [0.25, 0.3) is 0 Å². The van der Waals surface area contributed by atoms with Crippen LogP contribution in [-0.2, 0) is 16.0 Å². The Balaban J connectivity index is 2.11. The van der Waals surface area contributed by atoms with Crippen LogP contribution < -0.4 is 0 Å². The Morgan fingerprint density at radius 3 is 2.33 bits per heavy atom. The summed E-state index contributed by atoms with van der Waals surface area (Å²) in [6.45, 7) is 5.27. The third kappa shape index (κ3) is 4.66. The minimum atomic E-state index is -1.12. The van der Waals surface area contributed by atoms with E-state index in [1.807, 2.05) is 0 Å². The van der Waals surface area contributed by atoms with Gasteiger partial charge in [-0.05, 0) is 57.2 Å². The van der Waals surface area contributed by atoms with E-state index in [9.17, 15) is 23.5 Å². The molecule has 1 aliphatic heterocycles. The molecule has 0 radical (unpaired) electrons. The molecule has 1 amide bonds. The van der Waals surface area contributed by atoms with E-state index >= 15 is 0 Å². The Labute approximate surface area is 139 Å². The van der Waals surface area contributed by atoms with E-state index < -0.39 is 35.3 Å². The molecule has 1 aromatic rings. The minimum absolute atomic E-state index is 0.171. The van der Waals surface area contributed by atoms with Gasteiger partial charge in [-0.25, -0.2) is 18.4 Å². The second-order valence-electron chi connectivity index (χ2n) is 7.07. The van der Waals surface area contributed by atoms with Crippen LogP contribution in [0.4, 0.5) is 13.6 Å². The van der Waals surface area contributed by atoms with Gasteiger partial charge in [0.05, 0.1) is 0 Å². The van der Waals surface area contributed by atoms with Crippen LogP contribution in [0.3, 0.4) is 0 Å². The van der Waals surface area contributed by atoms with Crippen LogP contribution in [0.5, 0.6) is 0 Å². The maximum atomic E-state index is 13.3. The van der Waals surface area contributed by atoms with E-state index in [1.54, 1.807) is 20.8 Å². The first-order valence-electron chi connectivity index (χ1n) is 7.72. The van der Waals surface area contributed by atoms with Crippen molar-refractivity contribution in [1.29, 1.82) is 0 Å². The summed E-state index contributed by atoms with van der Waals surface area (Å²) in [5.41, 5.74) is -0.295. The highest BCUT2D eigenvalue weighted by atomic mass is 19.1. The standard InChI is InChI=1S/C17H21F2NO4/c1-17(2,3)24-16(23)20-9-11(7-14(20)15(21)22)4-10-5-12(18)8-13(19)6-10/h5-6,8,11,14H,4,7,9H2,1-3H3,(H,21,22)/t11?,14-/m0/s1. The lowest BCUT2D eigenvalue weighted by Crippen LogP contribution is -2.43. The molecular formula is C17H21F2NO4. The molecule has 7 heteroatoms. The van der Waals surface area contributed by atoms with Gasteiger partial charge in [0, 0.05) is 12.6 Å². The zero-order valence-corrected chi connectivity index (χ0v) is 13.9. The van der Waals surface area contributed by atoms with Gasteiger partial charge in [-0.2, -0.15) is 0 Å². The molecule has 1 aliphatic rings. The summed E-state index contributed by atoms with van der Waals surface area (Å²) in [5, 5.41) is 9.33. The molecule has 2 atom stereocenters. The van der Waals surface area contributed by atoms with Gasteiger partial charge in [0.25, 0.3) is 0 Å². The number of rotatable bonds is 3. The number of aliphatic carboxylic acids is 1. The van der Waals surface area contributed by atoms with E-state index in [2.05, 4.69) is 0 Å². The molecular weight excluding hydrogens is 320 g/mol. The van der Waals surface area contributed by atoms with Crippen LogP contribution in [-0.4, -0.2) is 40.3 Å². The topological polar surface area (TPSA) is 66.8 Å². The highest BCUT2D eigenvalue weighted by Crippen LogP contribution is 2.28. The van der Waals surface area contributed by atoms with Crippen LogP contribution in [0.1, 0.15) is 32.8 Å². The number of hydrogen-bond acceptors (Lipinski definition) is 3. The molecule has 5 nitrogen and oxygen atoms in total. The number of carbonyl (C=O) groups is 2. The van der Waals surface area contributed by atoms with E-state index in [4.69, 9.17) is 4.74 Å². The fourth-order valence-electron chi connectivity index (χ4n) is 2.89. The number of carboxylic acid groups (broad SMARTS) is 1. The Morgan fingerprint density at radius 2 is 1.83 bits per heavy atom. The summed E-state index contributed by atoms with van der Waals surface area (Å²) < 4.78 is 31.8. The van der Waals surface area contributed by atoms with Crippen molar-refractivity contribution in [2.45, 2.75) is 45.3 Å². The predicted octanol–water partition coefficient (Wildman–Crippen LogP) is 3.22. The Kier molecular flexibility index (Phi) is 5.11. The van der Waals surface area contributed by atoms with Gasteiger partial charge in [-0.3, -0.25) is 4.90 Å². The molecule has 24 heavy (non-hydrogen) atoms. The maximum absolute atomic E-state index is 13.3. The summed E-state index contributed by atoms with van der Waals surface area (Å²) >= 11 is 0. The normalized spacial score (nSPS) is 21.0. The summed E-state index contributed by atoms with van der Waals surface area (Å²) in [6, 6.07) is 2.22. The average Bonchev–Trinajstić information content (AvgIpc) is 2.79. The molecule has 2 rings (SSSR count). The van der Waals surface area contributed by atoms with E-state index in [1.165, 1.54) is 17.0 Å². The van der Waals surface area contributed by atoms with Crippen molar-refractivity contribution >= 4 is 12.1 Å². The molecule has 0 aliphatic carbocycles. The molecule has 1 heterocycles. The van der Waals surface area contributed by atoms with Crippen LogP contribution in [0.15, 0.2) is 18.2 Å². The molecule has 1 aromatic carbocycles. The fourth-order valence-corrected chi connectivity index (χ4v) is 2.89. The van der Waals surface area contributed by atoms with Crippen molar-refractivity contribution in [1.82, 2.24) is 4.90 Å². The van der Waals surface area contributed by atoms with Crippen LogP contribution in [0.2, 0.25) is 0 Å². The van der Waals surface area contributed by atoms with Crippen molar-refractivity contribution in [2.24, 2.45) is 5.92 Å². The molecule has 0 aromatic heterocycles. The zero-order chi connectivity index (χ0) is 18.1. The lowest BCUT2D eigenvalue weighted by Gasteiger charge is -2.26. The van der Waals surface area contributed by atoms with Gasteiger partial charge < -0.3 is 9.84 Å². The van der Waals surface area contributed by atoms with Crippen molar-refractivity contribution < 1.29 is 28.2 Å². The molecule has 1 fully saturated rings. The molecule has 132 valence electrons. The molecule has 0 spiro atoms. The number of benzene rings is 1. The van der Waals surface area contributed by atoms with E-state index in [0.29, 0.717) is 5.56 Å². The monoisotopic (exact) mass is 341 g/mol. The number of carboxylic acids is 1. The lowest BCUT2D eigenvalue weighted by atomic mass is 9.96. The molecule has 0 bridgehead atoms. The van der Waals surface area contributed by atoms with Crippen LogP contribution >= 0.6 is 0 Å². The van der Waals surface area contributed by atoms with Gasteiger partial charge in [-0.1, -0.05) is 0 Å². The minimum Gasteiger partial charge on any atom is -0.480 e. The Morgan fingerprint density at radius 1 is 1.25 bits per heavy atom. The third-order valence-electron chi connectivity index (χ3n) is 3.75. The molecule has 1 saturated heterocycles. The lowest BCUT2D eigenvalue weighted by molar-refractivity contribution is -0.142. The first kappa shape index (κ1) is 18.2. The molecule has 0 saturated carbocycles. The average molecular weight is 341 g/mol. The van der Waals surface area contributed by atoms with Crippen molar-refractivity contribution in [2.75, 3.05) is 6.54 Å². The van der Waals surface area contributed by atoms with Crippen molar-refractivity contribution in [3.63, 3.8) is 0 Å². The van der Waals surface area contributed by atoms with Gasteiger partial charge in [0.1, 0.15) is 23.3 Å². The second kappa shape index (κ2) is 6.75. The zero-order valence-electron chi connectivity index (χ0n) is 13.9. The number of hydrogen-bond donors (Lipinski definition) is 1. The van der Waals surface area contributed by atoms with Gasteiger partial charge in [0.15, 0.2) is 0 Å². The highest BCUT2D eigenvalue weighted by Gasteiger charge is 2.41. The van der Waals surface area contributed by atoms with E-state index in [0.717, 1.165) is 6.07 Å². The first-order valence-corrected chi connectivity index (χ1v) is 7.72. The first-order chi connectivity index (χ1) is 11.0. The van der Waals surface area contributed by atoms with Crippen molar-refractivity contribution in [3.8, 4) is 0 Å². The largest absolute Gasteiger partial charge is 0.480 e.